The quantitative estimate of drug-likeness (QED) is 0.630. The highest BCUT2D eigenvalue weighted by molar-refractivity contribution is 5.61. The van der Waals surface area contributed by atoms with Crippen LogP contribution in [0.4, 0.5) is 0 Å². The Morgan fingerprint density at radius 2 is 1.62 bits per heavy atom. The van der Waals surface area contributed by atoms with Crippen molar-refractivity contribution in [3.63, 3.8) is 0 Å². The van der Waals surface area contributed by atoms with Crippen LogP contribution < -0.4 is 0 Å². The molecule has 0 saturated carbocycles. The summed E-state index contributed by atoms with van der Waals surface area (Å²) in [5, 5.41) is 0. The van der Waals surface area contributed by atoms with Crippen molar-refractivity contribution in [2.75, 3.05) is 0 Å². The van der Waals surface area contributed by atoms with Gasteiger partial charge in [-0.25, -0.2) is 0 Å². The van der Waals surface area contributed by atoms with Crippen molar-refractivity contribution in [1.29, 1.82) is 0 Å². The van der Waals surface area contributed by atoms with Crippen LogP contribution in [0.25, 0.3) is 5.57 Å². The molecule has 0 aliphatic rings. The molecular formula is C13H20. The van der Waals surface area contributed by atoms with E-state index in [0.717, 1.165) is 12.0 Å². The predicted octanol–water partition coefficient (Wildman–Crippen LogP) is 4.31. The Morgan fingerprint density at radius 1 is 1.15 bits per heavy atom. The largest absolute Gasteiger partial charge is 0.0955 e. The fourth-order valence-corrected chi connectivity index (χ4v) is 1.02. The average molecular weight is 176 g/mol. The third-order valence-electron chi connectivity index (χ3n) is 1.85. The maximum absolute atomic E-state index is 3.88. The summed E-state index contributed by atoms with van der Waals surface area (Å²) in [5.41, 5.74) is 3.75. The maximum atomic E-state index is 3.88. The fourth-order valence-electron chi connectivity index (χ4n) is 1.02. The summed E-state index contributed by atoms with van der Waals surface area (Å²) in [4.78, 5) is 0. The van der Waals surface area contributed by atoms with Gasteiger partial charge in [-0.1, -0.05) is 57.2 Å². The molecule has 0 bridgehead atoms. The lowest BCUT2D eigenvalue weighted by Crippen LogP contribution is -1.81. The zero-order valence-corrected chi connectivity index (χ0v) is 9.22. The summed E-state index contributed by atoms with van der Waals surface area (Å²) < 4.78 is 0. The summed E-state index contributed by atoms with van der Waals surface area (Å²) >= 11 is 0. The molecule has 0 atom stereocenters. The van der Waals surface area contributed by atoms with E-state index >= 15 is 0 Å². The average Bonchev–Trinajstić information content (AvgIpc) is 2.21. The normalized spacial score (nSPS) is 8.62. The lowest BCUT2D eigenvalue weighted by molar-refractivity contribution is 1.14. The highest BCUT2D eigenvalue weighted by atomic mass is 14.0. The zero-order chi connectivity index (χ0) is 10.3. The van der Waals surface area contributed by atoms with Gasteiger partial charge in [0.2, 0.25) is 0 Å². The van der Waals surface area contributed by atoms with Gasteiger partial charge in [0.15, 0.2) is 0 Å². The maximum Gasteiger partial charge on any atom is -0.0233 e. The van der Waals surface area contributed by atoms with Crippen LogP contribution in [0.15, 0.2) is 30.8 Å². The van der Waals surface area contributed by atoms with E-state index in [1.165, 1.54) is 11.1 Å². The van der Waals surface area contributed by atoms with Crippen molar-refractivity contribution in [3.8, 4) is 0 Å². The Hall–Kier alpha value is -1.04. The van der Waals surface area contributed by atoms with Crippen molar-refractivity contribution in [3.05, 3.63) is 42.0 Å². The van der Waals surface area contributed by atoms with Gasteiger partial charge < -0.3 is 0 Å². The highest BCUT2D eigenvalue weighted by Gasteiger charge is 1.91. The highest BCUT2D eigenvalue weighted by Crippen LogP contribution is 2.12. The van der Waals surface area contributed by atoms with E-state index in [0.29, 0.717) is 0 Å². The second kappa shape index (κ2) is 6.47. The molecule has 72 valence electrons. The molecule has 0 heterocycles. The van der Waals surface area contributed by atoms with Crippen LogP contribution in [-0.4, -0.2) is 0 Å². The molecule has 0 fully saturated rings. The number of hydrogen-bond donors (Lipinski definition) is 0. The first-order valence-corrected chi connectivity index (χ1v) is 4.99. The summed E-state index contributed by atoms with van der Waals surface area (Å²) in [6, 6.07) is 8.57. The van der Waals surface area contributed by atoms with Crippen LogP contribution >= 0.6 is 0 Å². The van der Waals surface area contributed by atoms with Crippen molar-refractivity contribution < 1.29 is 0 Å². The molecule has 0 amide bonds. The van der Waals surface area contributed by atoms with Gasteiger partial charge in [0.1, 0.15) is 0 Å². The number of benzene rings is 1. The van der Waals surface area contributed by atoms with Gasteiger partial charge in [-0.3, -0.25) is 0 Å². The Bertz CT molecular complexity index is 241. The second-order valence-corrected chi connectivity index (χ2v) is 2.83. The zero-order valence-electron chi connectivity index (χ0n) is 9.22. The Labute approximate surface area is 82.3 Å². The van der Waals surface area contributed by atoms with Gasteiger partial charge in [0.05, 0.1) is 0 Å². The van der Waals surface area contributed by atoms with E-state index in [4.69, 9.17) is 0 Å². The van der Waals surface area contributed by atoms with Crippen molar-refractivity contribution >= 4 is 5.57 Å². The smallest absolute Gasteiger partial charge is 0.0233 e. The van der Waals surface area contributed by atoms with Crippen LogP contribution in [0.2, 0.25) is 0 Å². The molecule has 0 aliphatic carbocycles. The third kappa shape index (κ3) is 3.93. The number of rotatable bonds is 2. The van der Waals surface area contributed by atoms with Gasteiger partial charge in [-0.15, -0.1) is 0 Å². The van der Waals surface area contributed by atoms with E-state index in [-0.39, 0.29) is 0 Å². The van der Waals surface area contributed by atoms with Crippen molar-refractivity contribution in [2.45, 2.75) is 34.1 Å². The van der Waals surface area contributed by atoms with Crippen LogP contribution in [0.1, 0.15) is 38.8 Å². The van der Waals surface area contributed by atoms with E-state index in [1.807, 2.05) is 20.8 Å². The topological polar surface area (TPSA) is 0 Å². The number of aryl methyl sites for hydroxylation is 1. The molecule has 0 spiro atoms. The van der Waals surface area contributed by atoms with Gasteiger partial charge in [-0.2, -0.15) is 0 Å². The predicted molar refractivity (Wildman–Crippen MR) is 61.9 cm³/mol. The SMILES string of the molecule is C=C(C)c1ccc(CC)cc1.CC. The Balaban J connectivity index is 0.000000671. The van der Waals surface area contributed by atoms with E-state index < -0.39 is 0 Å². The molecule has 0 unspecified atom stereocenters. The molecular weight excluding hydrogens is 156 g/mol. The minimum atomic E-state index is 1.11. The molecule has 0 radical (unpaired) electrons. The van der Waals surface area contributed by atoms with E-state index in [2.05, 4.69) is 37.8 Å². The molecule has 0 saturated heterocycles. The molecule has 0 aliphatic heterocycles. The minimum absolute atomic E-state index is 1.11. The molecule has 1 aromatic carbocycles. The van der Waals surface area contributed by atoms with Crippen LogP contribution in [0, 0.1) is 0 Å². The third-order valence-corrected chi connectivity index (χ3v) is 1.85. The summed E-state index contributed by atoms with van der Waals surface area (Å²) in [6.07, 6.45) is 1.11. The Kier molecular flexibility index (Phi) is 5.96. The standard InChI is InChI=1S/C11H14.C2H6/c1-4-10-5-7-11(8-6-10)9(2)3;1-2/h5-8H,2,4H2,1,3H3;1-2H3. The van der Waals surface area contributed by atoms with Crippen LogP contribution in [0.3, 0.4) is 0 Å². The fraction of sp³-hybridized carbons (Fsp3) is 0.385. The van der Waals surface area contributed by atoms with E-state index in [9.17, 15) is 0 Å². The van der Waals surface area contributed by atoms with Crippen molar-refractivity contribution in [1.82, 2.24) is 0 Å². The van der Waals surface area contributed by atoms with Crippen LogP contribution in [-0.2, 0) is 6.42 Å². The van der Waals surface area contributed by atoms with Gasteiger partial charge in [0, 0.05) is 0 Å². The summed E-state index contributed by atoms with van der Waals surface area (Å²) in [7, 11) is 0. The van der Waals surface area contributed by atoms with Crippen molar-refractivity contribution in [2.24, 2.45) is 0 Å². The van der Waals surface area contributed by atoms with Crippen LogP contribution in [0.5, 0.6) is 0 Å². The first kappa shape index (κ1) is 12.0. The first-order valence-electron chi connectivity index (χ1n) is 4.99. The molecule has 0 N–H and O–H groups in total. The van der Waals surface area contributed by atoms with Gasteiger partial charge >= 0.3 is 0 Å². The number of allylic oxidation sites excluding steroid dienone is 1. The molecule has 0 aromatic heterocycles. The van der Waals surface area contributed by atoms with Gasteiger partial charge in [-0.05, 0) is 24.5 Å². The number of hydrogen-bond acceptors (Lipinski definition) is 0. The first-order chi connectivity index (χ1) is 6.24. The molecule has 13 heavy (non-hydrogen) atoms. The lowest BCUT2D eigenvalue weighted by atomic mass is 10.1. The minimum Gasteiger partial charge on any atom is -0.0955 e. The molecule has 0 nitrogen and oxygen atoms in total. The summed E-state index contributed by atoms with van der Waals surface area (Å²) in [6.45, 7) is 12.1. The monoisotopic (exact) mass is 176 g/mol. The van der Waals surface area contributed by atoms with Gasteiger partial charge in [0.25, 0.3) is 0 Å². The lowest BCUT2D eigenvalue weighted by Gasteiger charge is -2.00. The Morgan fingerprint density at radius 3 is 1.92 bits per heavy atom. The second-order valence-electron chi connectivity index (χ2n) is 2.83. The molecule has 1 aromatic rings. The molecule has 0 heteroatoms. The summed E-state index contributed by atoms with van der Waals surface area (Å²) in [5.74, 6) is 0. The molecule has 1 rings (SSSR count). The van der Waals surface area contributed by atoms with E-state index in [1.54, 1.807) is 0 Å².